The number of hydrogen-bond acceptors (Lipinski definition) is 3. The molecule has 1 amide bonds. The lowest BCUT2D eigenvalue weighted by atomic mass is 9.89. The van der Waals surface area contributed by atoms with Gasteiger partial charge < -0.3 is 15.2 Å². The molecule has 0 atom stereocenters. The second kappa shape index (κ2) is 5.77. The van der Waals surface area contributed by atoms with Crippen molar-refractivity contribution in [1.29, 1.82) is 0 Å². The summed E-state index contributed by atoms with van der Waals surface area (Å²) in [4.78, 5) is 24.0. The van der Waals surface area contributed by atoms with Gasteiger partial charge in [0, 0.05) is 31.6 Å². The minimum absolute atomic E-state index is 0.279. The van der Waals surface area contributed by atoms with Gasteiger partial charge in [-0.1, -0.05) is 30.3 Å². The Kier molecular flexibility index (Phi) is 3.81. The van der Waals surface area contributed by atoms with Gasteiger partial charge in [0.2, 0.25) is 0 Å². The fourth-order valence-corrected chi connectivity index (χ4v) is 2.73. The third-order valence-corrected chi connectivity index (χ3v) is 4.12. The fraction of sp³-hybridized carbons (Fsp3) is 0.294. The molecule has 0 saturated carbocycles. The fourth-order valence-electron chi connectivity index (χ4n) is 2.73. The van der Waals surface area contributed by atoms with E-state index in [9.17, 15) is 14.7 Å². The van der Waals surface area contributed by atoms with Crippen molar-refractivity contribution in [2.45, 2.75) is 18.4 Å². The van der Waals surface area contributed by atoms with Crippen LogP contribution in [-0.4, -0.2) is 35.7 Å². The molecule has 0 spiro atoms. The smallest absolute Gasteiger partial charge is 0.329 e. The number of rotatable bonds is 3. The van der Waals surface area contributed by atoms with Gasteiger partial charge in [-0.05, 0) is 22.9 Å². The highest BCUT2D eigenvalue weighted by molar-refractivity contribution is 6.01. The summed E-state index contributed by atoms with van der Waals surface area (Å²) in [6.07, 6.45) is 0.559. The first-order valence-corrected chi connectivity index (χ1v) is 7.23. The van der Waals surface area contributed by atoms with Crippen LogP contribution in [0.4, 0.5) is 0 Å². The molecule has 22 heavy (non-hydrogen) atoms. The van der Waals surface area contributed by atoms with Gasteiger partial charge in [-0.2, -0.15) is 0 Å². The van der Waals surface area contributed by atoms with E-state index in [0.717, 1.165) is 10.8 Å². The molecule has 3 rings (SSSR count). The molecule has 114 valence electrons. The topological polar surface area (TPSA) is 75.6 Å². The van der Waals surface area contributed by atoms with Gasteiger partial charge >= 0.3 is 5.97 Å². The summed E-state index contributed by atoms with van der Waals surface area (Å²) in [5.74, 6) is -1.38. The number of ether oxygens (including phenoxy) is 1. The molecule has 1 aliphatic heterocycles. The van der Waals surface area contributed by atoms with Crippen molar-refractivity contribution in [2.75, 3.05) is 13.2 Å². The monoisotopic (exact) mass is 299 g/mol. The number of carbonyl (C=O) groups is 2. The lowest BCUT2D eigenvalue weighted by Gasteiger charge is -2.33. The third-order valence-electron chi connectivity index (χ3n) is 4.12. The maximum Gasteiger partial charge on any atom is 0.329 e. The van der Waals surface area contributed by atoms with Crippen LogP contribution in [0.1, 0.15) is 23.2 Å². The van der Waals surface area contributed by atoms with Crippen molar-refractivity contribution < 1.29 is 19.4 Å². The lowest BCUT2D eigenvalue weighted by molar-refractivity contribution is -0.148. The summed E-state index contributed by atoms with van der Waals surface area (Å²) in [7, 11) is 0. The van der Waals surface area contributed by atoms with Crippen LogP contribution in [0.2, 0.25) is 0 Å². The van der Waals surface area contributed by atoms with Gasteiger partial charge in [-0.15, -0.1) is 0 Å². The summed E-state index contributed by atoms with van der Waals surface area (Å²) in [5.41, 5.74) is -0.771. The zero-order valence-corrected chi connectivity index (χ0v) is 12.0. The van der Waals surface area contributed by atoms with Crippen LogP contribution in [-0.2, 0) is 9.53 Å². The van der Waals surface area contributed by atoms with E-state index in [-0.39, 0.29) is 18.7 Å². The molecule has 1 heterocycles. The zero-order chi connectivity index (χ0) is 15.6. The summed E-state index contributed by atoms with van der Waals surface area (Å²) in [5, 5.41) is 14.2. The van der Waals surface area contributed by atoms with Crippen molar-refractivity contribution in [2.24, 2.45) is 0 Å². The van der Waals surface area contributed by atoms with Gasteiger partial charge in [0.15, 0.2) is 0 Å². The minimum atomic E-state index is -1.24. The Labute approximate surface area is 127 Å². The number of amides is 1. The Balaban J connectivity index is 1.86. The van der Waals surface area contributed by atoms with Gasteiger partial charge in [0.25, 0.3) is 5.91 Å². The quantitative estimate of drug-likeness (QED) is 0.911. The SMILES string of the molecule is O=C(NC1(C(=O)O)CCOCC1)c1ccc2ccccc2c1. The Morgan fingerprint density at radius 3 is 2.41 bits per heavy atom. The van der Waals surface area contributed by atoms with Crippen LogP contribution >= 0.6 is 0 Å². The molecule has 5 heteroatoms. The number of carboxylic acid groups (broad SMARTS) is 1. The zero-order valence-electron chi connectivity index (χ0n) is 12.0. The maximum absolute atomic E-state index is 12.5. The van der Waals surface area contributed by atoms with E-state index in [0.29, 0.717) is 18.8 Å². The highest BCUT2D eigenvalue weighted by Crippen LogP contribution is 2.22. The third kappa shape index (κ3) is 2.67. The number of hydrogen-bond donors (Lipinski definition) is 2. The minimum Gasteiger partial charge on any atom is -0.480 e. The first-order chi connectivity index (χ1) is 10.6. The van der Waals surface area contributed by atoms with E-state index < -0.39 is 11.5 Å². The molecule has 2 aromatic rings. The Bertz CT molecular complexity index is 719. The van der Waals surface area contributed by atoms with Crippen molar-refractivity contribution in [3.63, 3.8) is 0 Å². The average molecular weight is 299 g/mol. The van der Waals surface area contributed by atoms with E-state index in [4.69, 9.17) is 4.74 Å². The van der Waals surface area contributed by atoms with E-state index in [2.05, 4.69) is 5.32 Å². The van der Waals surface area contributed by atoms with Crippen molar-refractivity contribution >= 4 is 22.6 Å². The largest absolute Gasteiger partial charge is 0.480 e. The first kappa shape index (κ1) is 14.5. The van der Waals surface area contributed by atoms with Crippen LogP contribution in [0, 0.1) is 0 Å². The molecular weight excluding hydrogens is 282 g/mol. The molecule has 0 radical (unpaired) electrons. The molecule has 0 aromatic heterocycles. The summed E-state index contributed by atoms with van der Waals surface area (Å²) in [6.45, 7) is 0.675. The number of aliphatic carboxylic acids is 1. The molecule has 0 aliphatic carbocycles. The van der Waals surface area contributed by atoms with E-state index in [1.165, 1.54) is 0 Å². The summed E-state index contributed by atoms with van der Waals surface area (Å²) < 4.78 is 5.21. The number of benzene rings is 2. The average Bonchev–Trinajstić information content (AvgIpc) is 2.55. The predicted octanol–water partition coefficient (Wildman–Crippen LogP) is 2.20. The summed E-state index contributed by atoms with van der Waals surface area (Å²) >= 11 is 0. The van der Waals surface area contributed by atoms with E-state index in [1.807, 2.05) is 30.3 Å². The Hall–Kier alpha value is -2.40. The Morgan fingerprint density at radius 2 is 1.73 bits per heavy atom. The molecule has 1 aliphatic rings. The van der Waals surface area contributed by atoms with Crippen LogP contribution < -0.4 is 5.32 Å². The first-order valence-electron chi connectivity index (χ1n) is 7.23. The highest BCUT2D eigenvalue weighted by Gasteiger charge is 2.41. The molecule has 2 aromatic carbocycles. The van der Waals surface area contributed by atoms with E-state index in [1.54, 1.807) is 12.1 Å². The number of carbonyl (C=O) groups excluding carboxylic acids is 1. The lowest BCUT2D eigenvalue weighted by Crippen LogP contribution is -2.57. The molecule has 0 unspecified atom stereocenters. The van der Waals surface area contributed by atoms with Gasteiger partial charge in [-0.3, -0.25) is 4.79 Å². The number of fused-ring (bicyclic) bond motifs is 1. The molecule has 0 bridgehead atoms. The highest BCUT2D eigenvalue weighted by atomic mass is 16.5. The van der Waals surface area contributed by atoms with Crippen molar-refractivity contribution in [3.8, 4) is 0 Å². The van der Waals surface area contributed by atoms with Crippen molar-refractivity contribution in [1.82, 2.24) is 5.32 Å². The van der Waals surface area contributed by atoms with Gasteiger partial charge in [-0.25, -0.2) is 4.79 Å². The molecule has 5 nitrogen and oxygen atoms in total. The van der Waals surface area contributed by atoms with E-state index >= 15 is 0 Å². The predicted molar refractivity (Wildman–Crippen MR) is 81.8 cm³/mol. The van der Waals surface area contributed by atoms with Gasteiger partial charge in [0.1, 0.15) is 5.54 Å². The number of carboxylic acids is 1. The second-order valence-electron chi connectivity index (χ2n) is 5.52. The normalized spacial score (nSPS) is 17.1. The standard InChI is InChI=1S/C17H17NO4/c19-15(18-17(16(20)21)7-9-22-10-8-17)14-6-5-12-3-1-2-4-13(12)11-14/h1-6,11H,7-10H2,(H,18,19)(H,20,21). The van der Waals surface area contributed by atoms with Crippen LogP contribution in [0.15, 0.2) is 42.5 Å². The molecule has 1 fully saturated rings. The van der Waals surface area contributed by atoms with Crippen molar-refractivity contribution in [3.05, 3.63) is 48.0 Å². The van der Waals surface area contributed by atoms with Gasteiger partial charge in [0.05, 0.1) is 0 Å². The number of nitrogens with one attached hydrogen (secondary N) is 1. The molecular formula is C17H17NO4. The van der Waals surface area contributed by atoms with Crippen LogP contribution in [0.5, 0.6) is 0 Å². The van der Waals surface area contributed by atoms with Crippen LogP contribution in [0.3, 0.4) is 0 Å². The second-order valence-corrected chi connectivity index (χ2v) is 5.52. The molecule has 2 N–H and O–H groups in total. The summed E-state index contributed by atoms with van der Waals surface area (Å²) in [6, 6.07) is 13.1. The molecule has 1 saturated heterocycles. The Morgan fingerprint density at radius 1 is 1.05 bits per heavy atom. The van der Waals surface area contributed by atoms with Crippen LogP contribution in [0.25, 0.3) is 10.8 Å². The maximum atomic E-state index is 12.5.